The zero-order chi connectivity index (χ0) is 14.7. The highest BCUT2D eigenvalue weighted by Gasteiger charge is 2.11. The SMILES string of the molecule is Nc1ccccc1-c1nnnn1CCc1cccc(F)c1. The molecular weight excluding hydrogens is 269 g/mol. The van der Waals surface area contributed by atoms with E-state index >= 15 is 0 Å². The Morgan fingerprint density at radius 3 is 2.76 bits per heavy atom. The number of anilines is 1. The molecule has 1 aromatic heterocycles. The molecule has 0 atom stereocenters. The molecule has 0 bridgehead atoms. The molecule has 0 saturated carbocycles. The molecule has 0 fully saturated rings. The number of aromatic nitrogens is 4. The topological polar surface area (TPSA) is 69.6 Å². The van der Waals surface area contributed by atoms with Crippen molar-refractivity contribution >= 4 is 5.69 Å². The third kappa shape index (κ3) is 2.89. The van der Waals surface area contributed by atoms with Crippen molar-refractivity contribution in [2.75, 3.05) is 5.73 Å². The second kappa shape index (κ2) is 5.70. The molecule has 0 amide bonds. The highest BCUT2D eigenvalue weighted by atomic mass is 19.1. The predicted molar refractivity (Wildman–Crippen MR) is 77.8 cm³/mol. The maximum absolute atomic E-state index is 13.2. The number of nitrogens with two attached hydrogens (primary N) is 1. The van der Waals surface area contributed by atoms with Crippen LogP contribution in [0.1, 0.15) is 5.56 Å². The molecule has 2 aromatic carbocycles. The summed E-state index contributed by atoms with van der Waals surface area (Å²) in [5.74, 6) is 0.376. The van der Waals surface area contributed by atoms with Crippen molar-refractivity contribution < 1.29 is 4.39 Å². The number of halogens is 1. The third-order valence-electron chi connectivity index (χ3n) is 3.23. The fourth-order valence-corrected chi connectivity index (χ4v) is 2.18. The molecule has 2 N–H and O–H groups in total. The second-order valence-corrected chi connectivity index (χ2v) is 4.69. The van der Waals surface area contributed by atoms with E-state index < -0.39 is 0 Å². The van der Waals surface area contributed by atoms with Crippen molar-refractivity contribution in [1.82, 2.24) is 20.2 Å². The summed E-state index contributed by atoms with van der Waals surface area (Å²) in [6.45, 7) is 0.556. The van der Waals surface area contributed by atoms with E-state index in [1.807, 2.05) is 24.3 Å². The second-order valence-electron chi connectivity index (χ2n) is 4.69. The lowest BCUT2D eigenvalue weighted by molar-refractivity contribution is 0.588. The van der Waals surface area contributed by atoms with Crippen LogP contribution in [-0.2, 0) is 13.0 Å². The van der Waals surface area contributed by atoms with Crippen LogP contribution in [-0.4, -0.2) is 20.2 Å². The van der Waals surface area contributed by atoms with Gasteiger partial charge in [-0.15, -0.1) is 5.10 Å². The van der Waals surface area contributed by atoms with Crippen LogP contribution >= 0.6 is 0 Å². The van der Waals surface area contributed by atoms with Gasteiger partial charge in [-0.1, -0.05) is 24.3 Å². The Morgan fingerprint density at radius 2 is 1.95 bits per heavy atom. The zero-order valence-electron chi connectivity index (χ0n) is 11.3. The van der Waals surface area contributed by atoms with E-state index in [9.17, 15) is 4.39 Å². The molecule has 3 rings (SSSR count). The first-order valence-electron chi connectivity index (χ1n) is 6.59. The Balaban J connectivity index is 1.82. The van der Waals surface area contributed by atoms with E-state index in [0.29, 0.717) is 24.5 Å². The summed E-state index contributed by atoms with van der Waals surface area (Å²) in [4.78, 5) is 0. The first kappa shape index (κ1) is 13.2. The smallest absolute Gasteiger partial charge is 0.184 e. The number of hydrogen-bond acceptors (Lipinski definition) is 4. The molecule has 1 heterocycles. The van der Waals surface area contributed by atoms with Gasteiger partial charge in [0.15, 0.2) is 5.82 Å². The summed E-state index contributed by atoms with van der Waals surface area (Å²) in [5, 5.41) is 11.7. The molecule has 0 spiro atoms. The Kier molecular flexibility index (Phi) is 3.59. The van der Waals surface area contributed by atoms with Gasteiger partial charge in [0, 0.05) is 17.8 Å². The van der Waals surface area contributed by atoms with Gasteiger partial charge in [0.1, 0.15) is 5.82 Å². The van der Waals surface area contributed by atoms with E-state index in [2.05, 4.69) is 15.5 Å². The highest BCUT2D eigenvalue weighted by Crippen LogP contribution is 2.22. The molecule has 3 aromatic rings. The number of rotatable bonds is 4. The molecule has 6 heteroatoms. The minimum atomic E-state index is -0.239. The summed E-state index contributed by atoms with van der Waals surface area (Å²) in [6, 6.07) is 13.9. The first-order valence-corrected chi connectivity index (χ1v) is 6.59. The number of aryl methyl sites for hydroxylation is 2. The van der Waals surface area contributed by atoms with Crippen LogP contribution < -0.4 is 5.73 Å². The fourth-order valence-electron chi connectivity index (χ4n) is 2.18. The number of hydrogen-bond donors (Lipinski definition) is 1. The summed E-state index contributed by atoms with van der Waals surface area (Å²) < 4.78 is 14.8. The van der Waals surface area contributed by atoms with Gasteiger partial charge in [-0.05, 0) is 46.7 Å². The molecule has 0 aliphatic heterocycles. The monoisotopic (exact) mass is 283 g/mol. The summed E-state index contributed by atoms with van der Waals surface area (Å²) in [5.41, 5.74) is 8.27. The standard InChI is InChI=1S/C15H14FN5/c16-12-5-3-4-11(10-12)8-9-21-15(18-19-20-21)13-6-1-2-7-14(13)17/h1-7,10H,8-9,17H2. The molecule has 0 aliphatic carbocycles. The average Bonchev–Trinajstić information content (AvgIpc) is 2.94. The largest absolute Gasteiger partial charge is 0.398 e. The van der Waals surface area contributed by atoms with Gasteiger partial charge >= 0.3 is 0 Å². The molecule has 106 valence electrons. The summed E-state index contributed by atoms with van der Waals surface area (Å²) >= 11 is 0. The lowest BCUT2D eigenvalue weighted by Gasteiger charge is -2.07. The molecule has 0 aliphatic rings. The predicted octanol–water partition coefficient (Wildman–Crippen LogP) is 2.30. The number of nitrogens with zero attached hydrogens (tertiary/aromatic N) is 4. The number of nitrogen functional groups attached to an aromatic ring is 1. The van der Waals surface area contributed by atoms with Crippen LogP contribution in [0.25, 0.3) is 11.4 Å². The van der Waals surface area contributed by atoms with Gasteiger partial charge in [0.05, 0.1) is 0 Å². The maximum Gasteiger partial charge on any atom is 0.184 e. The zero-order valence-corrected chi connectivity index (χ0v) is 11.3. The molecule has 5 nitrogen and oxygen atoms in total. The van der Waals surface area contributed by atoms with Crippen molar-refractivity contribution in [2.45, 2.75) is 13.0 Å². The molecule has 0 unspecified atom stereocenters. The Bertz CT molecular complexity index is 753. The Hall–Kier alpha value is -2.76. The summed E-state index contributed by atoms with van der Waals surface area (Å²) in [6.07, 6.45) is 0.641. The van der Waals surface area contributed by atoms with Gasteiger partial charge in [-0.2, -0.15) is 0 Å². The van der Waals surface area contributed by atoms with Crippen molar-refractivity contribution in [3.8, 4) is 11.4 Å². The van der Waals surface area contributed by atoms with E-state index in [1.54, 1.807) is 16.8 Å². The highest BCUT2D eigenvalue weighted by molar-refractivity contribution is 5.70. The van der Waals surface area contributed by atoms with Crippen molar-refractivity contribution in [2.24, 2.45) is 0 Å². The first-order chi connectivity index (χ1) is 10.2. The van der Waals surface area contributed by atoms with Crippen molar-refractivity contribution in [3.63, 3.8) is 0 Å². The van der Waals surface area contributed by atoms with Crippen molar-refractivity contribution in [3.05, 3.63) is 59.9 Å². The molecule has 21 heavy (non-hydrogen) atoms. The minimum Gasteiger partial charge on any atom is -0.398 e. The molecule has 0 radical (unpaired) electrons. The number of para-hydroxylation sites is 1. The van der Waals surface area contributed by atoms with Crippen LogP contribution in [0.3, 0.4) is 0 Å². The lowest BCUT2D eigenvalue weighted by Crippen LogP contribution is -2.06. The average molecular weight is 283 g/mol. The summed E-state index contributed by atoms with van der Waals surface area (Å²) in [7, 11) is 0. The van der Waals surface area contributed by atoms with E-state index in [1.165, 1.54) is 12.1 Å². The Morgan fingerprint density at radius 1 is 1.10 bits per heavy atom. The third-order valence-corrected chi connectivity index (χ3v) is 3.23. The van der Waals surface area contributed by atoms with Gasteiger partial charge < -0.3 is 5.73 Å². The van der Waals surface area contributed by atoms with E-state index in [4.69, 9.17) is 5.73 Å². The Labute approximate surface area is 121 Å². The van der Waals surface area contributed by atoms with Crippen LogP contribution in [0, 0.1) is 5.82 Å². The van der Waals surface area contributed by atoms with E-state index in [0.717, 1.165) is 11.1 Å². The quantitative estimate of drug-likeness (QED) is 0.746. The van der Waals surface area contributed by atoms with Gasteiger partial charge in [0.25, 0.3) is 0 Å². The number of tetrazole rings is 1. The fraction of sp³-hybridized carbons (Fsp3) is 0.133. The molecule has 0 saturated heterocycles. The van der Waals surface area contributed by atoms with Crippen molar-refractivity contribution in [1.29, 1.82) is 0 Å². The molecular formula is C15H14FN5. The van der Waals surface area contributed by atoms with Gasteiger partial charge in [-0.3, -0.25) is 0 Å². The number of benzene rings is 2. The van der Waals surface area contributed by atoms with Crippen LogP contribution in [0.5, 0.6) is 0 Å². The minimum absolute atomic E-state index is 0.239. The van der Waals surface area contributed by atoms with E-state index in [-0.39, 0.29) is 5.82 Å². The lowest BCUT2D eigenvalue weighted by atomic mass is 10.1. The van der Waals surface area contributed by atoms with Crippen LogP contribution in [0.4, 0.5) is 10.1 Å². The normalized spacial score (nSPS) is 10.7. The van der Waals surface area contributed by atoms with Gasteiger partial charge in [-0.25, -0.2) is 9.07 Å². The maximum atomic E-state index is 13.2. The van der Waals surface area contributed by atoms with Gasteiger partial charge in [0.2, 0.25) is 0 Å². The van der Waals surface area contributed by atoms with Crippen LogP contribution in [0.2, 0.25) is 0 Å². The van der Waals surface area contributed by atoms with Crippen LogP contribution in [0.15, 0.2) is 48.5 Å².